The Morgan fingerprint density at radius 2 is 2.09 bits per heavy atom. The molecule has 0 N–H and O–H groups in total. The largest absolute Gasteiger partial charge is 0.487 e. The van der Waals surface area contributed by atoms with Gasteiger partial charge in [0.05, 0.1) is 17.9 Å². The van der Waals surface area contributed by atoms with Gasteiger partial charge < -0.3 is 14.4 Å². The van der Waals surface area contributed by atoms with Gasteiger partial charge in [-0.15, -0.1) is 11.8 Å². The number of benzene rings is 1. The third kappa shape index (κ3) is 5.86. The van der Waals surface area contributed by atoms with Gasteiger partial charge in [0, 0.05) is 59.3 Å². The van der Waals surface area contributed by atoms with Crippen molar-refractivity contribution >= 4 is 45.9 Å². The van der Waals surface area contributed by atoms with Crippen LogP contribution in [-0.2, 0) is 16.1 Å². The molecule has 0 saturated heterocycles. The maximum absolute atomic E-state index is 11.6. The van der Waals surface area contributed by atoms with Gasteiger partial charge in [-0.2, -0.15) is 0 Å². The zero-order valence-electron chi connectivity index (χ0n) is 19.1. The predicted octanol–water partition coefficient (Wildman–Crippen LogP) is 5.52. The van der Waals surface area contributed by atoms with E-state index in [0.29, 0.717) is 10.8 Å². The van der Waals surface area contributed by atoms with E-state index in [-0.39, 0.29) is 18.3 Å². The molecule has 0 spiro atoms. The highest BCUT2D eigenvalue weighted by molar-refractivity contribution is 8.00. The number of nitrogens with zero attached hydrogens (tertiary/aromatic N) is 3. The van der Waals surface area contributed by atoms with Crippen LogP contribution in [0.15, 0.2) is 60.3 Å². The van der Waals surface area contributed by atoms with Gasteiger partial charge in [0.2, 0.25) is 0 Å². The number of allylic oxidation sites excluding steroid dienone is 2. The Balaban J connectivity index is 1.98. The second kappa shape index (κ2) is 11.2. The molecule has 0 saturated carbocycles. The quantitative estimate of drug-likeness (QED) is 0.225. The van der Waals surface area contributed by atoms with Gasteiger partial charge in [-0.25, -0.2) is 4.98 Å². The molecule has 3 rings (SSSR count). The highest BCUT2D eigenvalue weighted by atomic mass is 35.5. The fourth-order valence-corrected chi connectivity index (χ4v) is 4.46. The van der Waals surface area contributed by atoms with E-state index >= 15 is 0 Å². The standard InChI is InChI=1S/C25H26ClN3O3S/c1-6-8-21(29(3)4)18-11-16(2)28-25-17(18)9-7-10-22(25)32-14-19-20(26)12-27-13-23(19)33-15-24(30)31-5/h6-13H,1,14-15H2,2-5H3/b21-8-. The number of aryl methyl sites for hydroxylation is 1. The summed E-state index contributed by atoms with van der Waals surface area (Å²) in [6.07, 6.45) is 6.99. The molecule has 0 fully saturated rings. The van der Waals surface area contributed by atoms with Crippen molar-refractivity contribution in [2.75, 3.05) is 27.0 Å². The van der Waals surface area contributed by atoms with Gasteiger partial charge in [-0.1, -0.05) is 36.4 Å². The van der Waals surface area contributed by atoms with Crippen LogP contribution in [0.2, 0.25) is 5.02 Å². The minimum absolute atomic E-state index is 0.160. The number of hydrogen-bond donors (Lipinski definition) is 0. The summed E-state index contributed by atoms with van der Waals surface area (Å²) in [6.45, 7) is 6.01. The van der Waals surface area contributed by atoms with Crippen molar-refractivity contribution in [3.63, 3.8) is 0 Å². The van der Waals surface area contributed by atoms with Crippen LogP contribution in [-0.4, -0.2) is 47.8 Å². The number of carbonyl (C=O) groups excluding carboxylic acids is 1. The van der Waals surface area contributed by atoms with Crippen molar-refractivity contribution < 1.29 is 14.3 Å². The third-order valence-corrected chi connectivity index (χ3v) is 6.24. The van der Waals surface area contributed by atoms with Gasteiger partial charge in [0.1, 0.15) is 17.9 Å². The topological polar surface area (TPSA) is 64.5 Å². The van der Waals surface area contributed by atoms with Crippen LogP contribution in [0.3, 0.4) is 0 Å². The number of aromatic nitrogens is 2. The van der Waals surface area contributed by atoms with Crippen molar-refractivity contribution in [3.05, 3.63) is 77.2 Å². The van der Waals surface area contributed by atoms with E-state index in [0.717, 1.165) is 38.3 Å². The SMILES string of the molecule is C=C/C=C(/c1cc(C)nc2c(OCc3c(Cl)cncc3SCC(=O)OC)cccc12)N(C)C. The summed E-state index contributed by atoms with van der Waals surface area (Å²) in [7, 11) is 5.35. The molecule has 2 heterocycles. The number of methoxy groups -OCH3 is 1. The number of halogens is 1. The van der Waals surface area contributed by atoms with Crippen LogP contribution in [0, 0.1) is 6.92 Å². The lowest BCUT2D eigenvalue weighted by molar-refractivity contribution is -0.137. The Morgan fingerprint density at radius 3 is 2.79 bits per heavy atom. The first kappa shape index (κ1) is 24.6. The summed E-state index contributed by atoms with van der Waals surface area (Å²) < 4.78 is 10.9. The van der Waals surface area contributed by atoms with E-state index in [1.54, 1.807) is 18.5 Å². The van der Waals surface area contributed by atoms with Gasteiger partial charge in [-0.05, 0) is 25.1 Å². The summed E-state index contributed by atoms with van der Waals surface area (Å²) in [5, 5.41) is 1.44. The Hall–Kier alpha value is -3.03. The Morgan fingerprint density at radius 1 is 1.30 bits per heavy atom. The number of ether oxygens (including phenoxy) is 2. The zero-order chi connectivity index (χ0) is 24.0. The van der Waals surface area contributed by atoms with Crippen molar-refractivity contribution in [2.24, 2.45) is 0 Å². The minimum atomic E-state index is -0.322. The first-order chi connectivity index (χ1) is 15.8. The lowest BCUT2D eigenvalue weighted by Gasteiger charge is -2.20. The molecular weight excluding hydrogens is 458 g/mol. The van der Waals surface area contributed by atoms with Crippen LogP contribution in [0.1, 0.15) is 16.8 Å². The summed E-state index contributed by atoms with van der Waals surface area (Å²) >= 11 is 7.73. The fourth-order valence-electron chi connectivity index (χ4n) is 3.32. The first-order valence-corrected chi connectivity index (χ1v) is 11.6. The van der Waals surface area contributed by atoms with Crippen molar-refractivity contribution in [1.29, 1.82) is 0 Å². The zero-order valence-corrected chi connectivity index (χ0v) is 20.7. The van der Waals surface area contributed by atoms with Gasteiger partial charge >= 0.3 is 5.97 Å². The maximum atomic E-state index is 11.6. The number of fused-ring (bicyclic) bond motifs is 1. The molecule has 0 radical (unpaired) electrons. The normalized spacial score (nSPS) is 11.4. The number of pyridine rings is 2. The highest BCUT2D eigenvalue weighted by Gasteiger charge is 2.16. The number of carbonyl (C=O) groups is 1. The summed E-state index contributed by atoms with van der Waals surface area (Å²) in [5.74, 6) is 0.482. The van der Waals surface area contributed by atoms with E-state index in [2.05, 4.69) is 17.6 Å². The lowest BCUT2D eigenvalue weighted by Crippen LogP contribution is -2.11. The van der Waals surface area contributed by atoms with E-state index in [9.17, 15) is 4.79 Å². The summed E-state index contributed by atoms with van der Waals surface area (Å²) in [4.78, 5) is 23.3. The van der Waals surface area contributed by atoms with E-state index in [1.165, 1.54) is 18.9 Å². The average Bonchev–Trinajstić information content (AvgIpc) is 2.79. The monoisotopic (exact) mass is 483 g/mol. The van der Waals surface area contributed by atoms with E-state index < -0.39 is 0 Å². The summed E-state index contributed by atoms with van der Waals surface area (Å²) in [6, 6.07) is 7.92. The Kier molecular flexibility index (Phi) is 8.36. The Bertz CT molecular complexity index is 1210. The minimum Gasteiger partial charge on any atom is -0.487 e. The molecule has 0 aliphatic rings. The first-order valence-electron chi connectivity index (χ1n) is 10.2. The molecule has 0 bridgehead atoms. The average molecular weight is 484 g/mol. The molecule has 0 unspecified atom stereocenters. The molecule has 0 atom stereocenters. The van der Waals surface area contributed by atoms with Crippen LogP contribution >= 0.6 is 23.4 Å². The highest BCUT2D eigenvalue weighted by Crippen LogP contribution is 2.34. The second-order valence-corrected chi connectivity index (χ2v) is 8.82. The number of para-hydroxylation sites is 1. The number of esters is 1. The fraction of sp³-hybridized carbons (Fsp3) is 0.240. The smallest absolute Gasteiger partial charge is 0.315 e. The molecular formula is C25H26ClN3O3S. The molecule has 6 nitrogen and oxygen atoms in total. The number of thioether (sulfide) groups is 1. The summed E-state index contributed by atoms with van der Waals surface area (Å²) in [5.41, 5.74) is 4.46. The lowest BCUT2D eigenvalue weighted by atomic mass is 10.0. The predicted molar refractivity (Wildman–Crippen MR) is 135 cm³/mol. The molecule has 2 aromatic heterocycles. The third-order valence-electron chi connectivity index (χ3n) is 4.87. The van der Waals surface area contributed by atoms with Gasteiger partial charge in [-0.3, -0.25) is 9.78 Å². The van der Waals surface area contributed by atoms with Crippen LogP contribution in [0.25, 0.3) is 16.6 Å². The maximum Gasteiger partial charge on any atom is 0.315 e. The molecule has 172 valence electrons. The number of hydrogen-bond acceptors (Lipinski definition) is 7. The molecule has 0 aliphatic heterocycles. The van der Waals surface area contributed by atoms with Crippen LogP contribution in [0.5, 0.6) is 5.75 Å². The molecule has 0 amide bonds. The molecule has 0 aliphatic carbocycles. The second-order valence-electron chi connectivity index (χ2n) is 7.40. The van der Waals surface area contributed by atoms with E-state index in [1.807, 2.05) is 50.2 Å². The van der Waals surface area contributed by atoms with Gasteiger partial charge in [0.25, 0.3) is 0 Å². The molecule has 3 aromatic rings. The van der Waals surface area contributed by atoms with Gasteiger partial charge in [0.15, 0.2) is 0 Å². The van der Waals surface area contributed by atoms with Crippen molar-refractivity contribution in [1.82, 2.24) is 14.9 Å². The van der Waals surface area contributed by atoms with Crippen molar-refractivity contribution in [2.45, 2.75) is 18.4 Å². The molecule has 8 heteroatoms. The van der Waals surface area contributed by atoms with Crippen LogP contribution in [0.4, 0.5) is 0 Å². The Labute approximate surface area is 203 Å². The molecule has 33 heavy (non-hydrogen) atoms. The van der Waals surface area contributed by atoms with Crippen LogP contribution < -0.4 is 4.74 Å². The molecule has 1 aromatic carbocycles. The van der Waals surface area contributed by atoms with E-state index in [4.69, 9.17) is 26.1 Å². The van der Waals surface area contributed by atoms with Crippen molar-refractivity contribution in [3.8, 4) is 5.75 Å². The number of rotatable bonds is 9.